The van der Waals surface area contributed by atoms with Gasteiger partial charge in [-0.2, -0.15) is 0 Å². The number of carboxylic acid groups (broad SMARTS) is 1. The van der Waals surface area contributed by atoms with Gasteiger partial charge in [0.2, 0.25) is 0 Å². The predicted molar refractivity (Wildman–Crippen MR) is 130 cm³/mol. The molecule has 1 aliphatic heterocycles. The number of ether oxygens (including phenoxy) is 1. The molecule has 8 nitrogen and oxygen atoms in total. The number of anilines is 1. The second kappa shape index (κ2) is 8.70. The monoisotopic (exact) mass is 501 g/mol. The molecule has 0 radical (unpaired) electrons. The second-order valence-electron chi connectivity index (χ2n) is 8.67. The zero-order chi connectivity index (χ0) is 24.8. The lowest BCUT2D eigenvalue weighted by atomic mass is 10.2. The number of amides is 2. The topological polar surface area (TPSA) is 92.1 Å². The van der Waals surface area contributed by atoms with Crippen molar-refractivity contribution in [3.05, 3.63) is 69.8 Å². The molecule has 0 atom stereocenters. The predicted octanol–water partition coefficient (Wildman–Crippen LogP) is 5.69. The fourth-order valence-electron chi connectivity index (χ4n) is 3.64. The summed E-state index contributed by atoms with van der Waals surface area (Å²) in [6.45, 7) is 5.05. The summed E-state index contributed by atoms with van der Waals surface area (Å²) in [6.07, 6.45) is 0.677. The SMILES string of the molecule is CC(C)(C)OC(=O)N1CC(=Cn2c(C(=O)O)cc3c(Cl)cc(Cl)cc32)C(=O)N1c1ccccc1. The number of benzene rings is 2. The van der Waals surface area contributed by atoms with Crippen molar-refractivity contribution >= 4 is 64.0 Å². The fraction of sp³-hybridized carbons (Fsp3) is 0.208. The Morgan fingerprint density at radius 3 is 2.38 bits per heavy atom. The van der Waals surface area contributed by atoms with Crippen molar-refractivity contribution in [2.45, 2.75) is 26.4 Å². The standard InChI is InChI=1S/C24H21Cl2N3O5/c1-24(2,3)34-23(33)28-13-14(21(30)29(28)16-7-5-4-6-8-16)12-27-19-10-15(25)9-18(26)17(19)11-20(27)22(31)32/h4-12H,13H2,1-3H3,(H,31,32). The highest BCUT2D eigenvalue weighted by molar-refractivity contribution is 6.38. The summed E-state index contributed by atoms with van der Waals surface area (Å²) in [6, 6.07) is 13.1. The Labute approximate surface area is 205 Å². The van der Waals surface area contributed by atoms with Crippen LogP contribution < -0.4 is 5.01 Å². The largest absolute Gasteiger partial charge is 0.477 e. The summed E-state index contributed by atoms with van der Waals surface area (Å²) in [7, 11) is 0. The van der Waals surface area contributed by atoms with Gasteiger partial charge in [-0.3, -0.25) is 4.79 Å². The van der Waals surface area contributed by atoms with Crippen molar-refractivity contribution < 1.29 is 24.2 Å². The van der Waals surface area contributed by atoms with Crippen LogP contribution in [0, 0.1) is 0 Å². The fourth-order valence-corrected chi connectivity index (χ4v) is 4.17. The van der Waals surface area contributed by atoms with Crippen LogP contribution in [0.3, 0.4) is 0 Å². The first-order chi connectivity index (χ1) is 16.0. The molecule has 0 bridgehead atoms. The van der Waals surface area contributed by atoms with E-state index >= 15 is 0 Å². The van der Waals surface area contributed by atoms with Gasteiger partial charge in [0.05, 0.1) is 28.3 Å². The number of nitrogens with zero attached hydrogens (tertiary/aromatic N) is 3. The maximum absolute atomic E-state index is 13.5. The lowest BCUT2D eigenvalue weighted by Crippen LogP contribution is -2.45. The minimum atomic E-state index is -1.21. The summed E-state index contributed by atoms with van der Waals surface area (Å²) in [4.78, 5) is 38.4. The Kier molecular flexibility index (Phi) is 6.05. The number of para-hydroxylation sites is 1. The molecule has 1 fully saturated rings. The number of hydrogen-bond acceptors (Lipinski definition) is 4. The summed E-state index contributed by atoms with van der Waals surface area (Å²) in [5.41, 5.74) is 0.156. The van der Waals surface area contributed by atoms with Crippen LogP contribution in [0.15, 0.2) is 54.1 Å². The Morgan fingerprint density at radius 1 is 1.09 bits per heavy atom. The molecular formula is C24H21Cl2N3O5. The molecule has 0 saturated carbocycles. The summed E-state index contributed by atoms with van der Waals surface area (Å²) in [5.74, 6) is -1.71. The molecule has 10 heteroatoms. The van der Waals surface area contributed by atoms with Gasteiger partial charge < -0.3 is 14.4 Å². The number of hydrazine groups is 1. The van der Waals surface area contributed by atoms with E-state index in [2.05, 4.69) is 0 Å². The van der Waals surface area contributed by atoms with Crippen LogP contribution in [0.4, 0.5) is 10.5 Å². The molecule has 1 aliphatic rings. The Hall–Kier alpha value is -3.49. The molecule has 1 aromatic heterocycles. The van der Waals surface area contributed by atoms with Gasteiger partial charge in [-0.25, -0.2) is 19.6 Å². The minimum absolute atomic E-state index is 0.110. The molecule has 0 aliphatic carbocycles. The van der Waals surface area contributed by atoms with Gasteiger partial charge in [0.15, 0.2) is 0 Å². The maximum atomic E-state index is 13.5. The Balaban J connectivity index is 1.85. The number of aromatic nitrogens is 1. The van der Waals surface area contributed by atoms with E-state index in [1.807, 2.05) is 0 Å². The van der Waals surface area contributed by atoms with E-state index in [1.165, 1.54) is 32.9 Å². The van der Waals surface area contributed by atoms with E-state index in [4.69, 9.17) is 27.9 Å². The molecule has 4 rings (SSSR count). The van der Waals surface area contributed by atoms with Gasteiger partial charge in [0.25, 0.3) is 5.91 Å². The molecule has 0 unspecified atom stereocenters. The van der Waals surface area contributed by atoms with E-state index in [9.17, 15) is 19.5 Å². The third-order valence-corrected chi connectivity index (χ3v) is 5.54. The number of hydrogen-bond donors (Lipinski definition) is 1. The summed E-state index contributed by atoms with van der Waals surface area (Å²) >= 11 is 12.4. The molecule has 34 heavy (non-hydrogen) atoms. The molecular weight excluding hydrogens is 481 g/mol. The minimum Gasteiger partial charge on any atom is -0.477 e. The average molecular weight is 502 g/mol. The van der Waals surface area contributed by atoms with E-state index < -0.39 is 23.6 Å². The quantitative estimate of drug-likeness (QED) is 0.465. The van der Waals surface area contributed by atoms with E-state index in [1.54, 1.807) is 57.2 Å². The van der Waals surface area contributed by atoms with Crippen LogP contribution in [0.5, 0.6) is 0 Å². The first-order valence-electron chi connectivity index (χ1n) is 10.3. The summed E-state index contributed by atoms with van der Waals surface area (Å²) < 4.78 is 6.84. The van der Waals surface area contributed by atoms with Crippen LogP contribution in [-0.4, -0.2) is 44.8 Å². The van der Waals surface area contributed by atoms with Crippen molar-refractivity contribution in [2.75, 3.05) is 11.6 Å². The van der Waals surface area contributed by atoms with Crippen LogP contribution in [0.2, 0.25) is 10.0 Å². The van der Waals surface area contributed by atoms with Crippen molar-refractivity contribution in [1.29, 1.82) is 0 Å². The van der Waals surface area contributed by atoms with Crippen LogP contribution in [0.25, 0.3) is 17.1 Å². The molecule has 3 aromatic rings. The number of aromatic carboxylic acids is 1. The molecule has 1 saturated heterocycles. The molecule has 0 spiro atoms. The van der Waals surface area contributed by atoms with Crippen molar-refractivity contribution in [3.8, 4) is 0 Å². The Bertz CT molecular complexity index is 1340. The zero-order valence-corrected chi connectivity index (χ0v) is 20.1. The van der Waals surface area contributed by atoms with Gasteiger partial charge in [-0.1, -0.05) is 41.4 Å². The first-order valence-corrected chi connectivity index (χ1v) is 11.1. The number of halogens is 2. The number of fused-ring (bicyclic) bond motifs is 1. The summed E-state index contributed by atoms with van der Waals surface area (Å²) in [5, 5.41) is 13.2. The van der Waals surface area contributed by atoms with E-state index in [0.717, 1.165) is 0 Å². The van der Waals surface area contributed by atoms with Gasteiger partial charge in [0.1, 0.15) is 11.3 Å². The number of carbonyl (C=O) groups is 3. The lowest BCUT2D eigenvalue weighted by molar-refractivity contribution is -0.115. The van der Waals surface area contributed by atoms with E-state index in [0.29, 0.717) is 21.6 Å². The highest BCUT2D eigenvalue weighted by Gasteiger charge is 2.40. The van der Waals surface area contributed by atoms with Crippen molar-refractivity contribution in [1.82, 2.24) is 9.58 Å². The number of rotatable bonds is 3. The van der Waals surface area contributed by atoms with Crippen LogP contribution in [0.1, 0.15) is 31.3 Å². The zero-order valence-electron chi connectivity index (χ0n) is 18.6. The third-order valence-electron chi connectivity index (χ3n) is 5.01. The van der Waals surface area contributed by atoms with Crippen LogP contribution >= 0.6 is 23.2 Å². The second-order valence-corrected chi connectivity index (χ2v) is 9.51. The first kappa shape index (κ1) is 23.7. The number of carboxylic acids is 1. The average Bonchev–Trinajstić information content (AvgIpc) is 3.26. The van der Waals surface area contributed by atoms with E-state index in [-0.39, 0.29) is 22.8 Å². The Morgan fingerprint density at radius 2 is 1.76 bits per heavy atom. The molecule has 1 N–H and O–H groups in total. The molecule has 2 aromatic carbocycles. The molecule has 176 valence electrons. The van der Waals surface area contributed by atoms with Crippen molar-refractivity contribution in [3.63, 3.8) is 0 Å². The number of carbonyl (C=O) groups excluding carboxylic acids is 2. The molecule has 2 heterocycles. The van der Waals surface area contributed by atoms with Gasteiger partial charge in [0, 0.05) is 16.6 Å². The maximum Gasteiger partial charge on any atom is 0.430 e. The van der Waals surface area contributed by atoms with Gasteiger partial charge >= 0.3 is 12.1 Å². The van der Waals surface area contributed by atoms with Gasteiger partial charge in [-0.15, -0.1) is 0 Å². The molecule has 2 amide bonds. The highest BCUT2D eigenvalue weighted by Crippen LogP contribution is 2.33. The normalized spacial score (nSPS) is 15.4. The third kappa shape index (κ3) is 4.47. The highest BCUT2D eigenvalue weighted by atomic mass is 35.5. The van der Waals surface area contributed by atoms with Crippen molar-refractivity contribution in [2.24, 2.45) is 0 Å². The van der Waals surface area contributed by atoms with Crippen LogP contribution in [-0.2, 0) is 9.53 Å². The lowest BCUT2D eigenvalue weighted by Gasteiger charge is -2.29. The van der Waals surface area contributed by atoms with Gasteiger partial charge in [-0.05, 0) is 51.1 Å². The smallest absolute Gasteiger partial charge is 0.430 e.